The zero-order valence-corrected chi connectivity index (χ0v) is 29.4. The third-order valence-electron chi connectivity index (χ3n) is 10.2. The summed E-state index contributed by atoms with van der Waals surface area (Å²) in [5.74, 6) is 0. The van der Waals surface area contributed by atoms with Crippen molar-refractivity contribution >= 4 is 65.4 Å². The normalized spacial score (nSPS) is 17.0. The summed E-state index contributed by atoms with van der Waals surface area (Å²) in [4.78, 5) is 0. The molecule has 0 aliphatic carbocycles. The maximum atomic E-state index is 10.2. The molecule has 0 N–H and O–H groups in total. The van der Waals surface area contributed by atoms with Crippen LogP contribution in [0.4, 0.5) is 0 Å². The van der Waals surface area contributed by atoms with Crippen LogP contribution in [0, 0.1) is 0 Å². The molecule has 3 aromatic heterocycles. The van der Waals surface area contributed by atoms with Gasteiger partial charge in [-0.1, -0.05) is 133 Å². The SMILES string of the molecule is [2H]c1c([2H])c([2H])c2c(c1[2H])c1c([2H])c(-c3c([2H])c([2H])c4c(c3[2H])c3c([2H])c([2H])c([2H])c([2H])c3n4-c3c([2H])c([2H])c4c5c([2H])c([2H])c([2H])c([2H])c5n(-c5cccc(-c6ccccc6)c5)c4c3[2H])c([2H])c([2H])c1n2-c1ccccc1. The first kappa shape index (κ1) is 17.5. The van der Waals surface area contributed by atoms with Gasteiger partial charge in [0.05, 0.1) is 61.9 Å². The highest BCUT2D eigenvalue weighted by Gasteiger charge is 2.18. The number of para-hydroxylation sites is 4. The quantitative estimate of drug-likeness (QED) is 0.167. The molecule has 0 aliphatic heterocycles. The van der Waals surface area contributed by atoms with Crippen LogP contribution in [-0.4, -0.2) is 13.7 Å². The Bertz CT molecular complexity index is 4740. The van der Waals surface area contributed by atoms with Crippen molar-refractivity contribution in [3.8, 4) is 39.3 Å². The Labute approximate surface area is 359 Å². The van der Waals surface area contributed by atoms with E-state index in [1.54, 1.807) is 54.6 Å². The van der Waals surface area contributed by atoms with Crippen molar-refractivity contribution in [3.05, 3.63) is 212 Å². The molecule has 9 aromatic carbocycles. The van der Waals surface area contributed by atoms with E-state index in [1.807, 2.05) is 30.3 Å². The molecule has 0 aliphatic rings. The van der Waals surface area contributed by atoms with Gasteiger partial charge in [-0.2, -0.15) is 0 Å². The molecule has 0 amide bonds. The fraction of sp³-hybridized carbons (Fsp3) is 0. The van der Waals surface area contributed by atoms with E-state index < -0.39 is 166 Å². The third kappa shape index (κ3) is 4.86. The lowest BCUT2D eigenvalue weighted by molar-refractivity contribution is 1.15. The molecule has 57 heavy (non-hydrogen) atoms. The van der Waals surface area contributed by atoms with E-state index in [-0.39, 0.29) is 49.3 Å². The standard InChI is InChI=1S/C54H35N3/c1-3-14-36(15-4-1)37-16-13-19-41(32-37)57-49-23-10-7-20-43(49)46-29-28-42(35-54(46)57)56-51-25-12-9-22-45(51)48-34-39(27-31-53(48)56)38-26-30-52-47(33-38)44-21-8-11-24-50(44)55(52)40-17-5-2-6-18-40/h1-35H/i7D,8D,9D,10D,11D,12D,20D,21D,22D,23D,24D,25D,26D,27D,28D,29D,30D,31D,33D,34D,35D. The van der Waals surface area contributed by atoms with Gasteiger partial charge >= 0.3 is 0 Å². The Hall–Kier alpha value is -7.62. The van der Waals surface area contributed by atoms with Crippen molar-refractivity contribution in [2.45, 2.75) is 0 Å². The summed E-state index contributed by atoms with van der Waals surface area (Å²) < 4.78 is 199. The highest BCUT2D eigenvalue weighted by atomic mass is 15.0. The lowest BCUT2D eigenvalue weighted by Gasteiger charge is -2.12. The first-order valence-corrected chi connectivity index (χ1v) is 17.9. The minimum absolute atomic E-state index is 0.127. The van der Waals surface area contributed by atoms with Crippen LogP contribution in [0.25, 0.3) is 105 Å². The van der Waals surface area contributed by atoms with Gasteiger partial charge in [-0.25, -0.2) is 0 Å². The monoisotopic (exact) mass is 746 g/mol. The summed E-state index contributed by atoms with van der Waals surface area (Å²) in [6.45, 7) is 0. The van der Waals surface area contributed by atoms with Crippen LogP contribution in [0.1, 0.15) is 28.8 Å². The predicted octanol–water partition coefficient (Wildman–Crippen LogP) is 14.3. The number of hydrogen-bond donors (Lipinski definition) is 0. The molecule has 0 fully saturated rings. The first-order chi connectivity index (χ1) is 37.1. The molecule has 0 bridgehead atoms. The molecule has 0 unspecified atom stereocenters. The lowest BCUT2D eigenvalue weighted by atomic mass is 10.0. The number of aromatic nitrogens is 3. The summed E-state index contributed by atoms with van der Waals surface area (Å²) in [6, 6.07) is 9.64. The molecular weight excluding hydrogens is 691 g/mol. The Morgan fingerprint density at radius 3 is 1.35 bits per heavy atom. The van der Waals surface area contributed by atoms with Crippen LogP contribution in [0.3, 0.4) is 0 Å². The molecule has 0 radical (unpaired) electrons. The fourth-order valence-corrected chi connectivity index (χ4v) is 7.66. The minimum Gasteiger partial charge on any atom is -0.309 e. The molecule has 3 nitrogen and oxygen atoms in total. The topological polar surface area (TPSA) is 14.8 Å². The third-order valence-corrected chi connectivity index (χ3v) is 10.2. The molecule has 12 aromatic rings. The largest absolute Gasteiger partial charge is 0.309 e. The summed E-state index contributed by atoms with van der Waals surface area (Å²) in [7, 11) is 0. The predicted molar refractivity (Wildman–Crippen MR) is 240 cm³/mol. The molecule has 0 atom stereocenters. The zero-order valence-electron chi connectivity index (χ0n) is 50.4. The molecule has 12 rings (SSSR count). The van der Waals surface area contributed by atoms with Gasteiger partial charge in [0.15, 0.2) is 0 Å². The van der Waals surface area contributed by atoms with E-state index in [1.165, 1.54) is 9.13 Å². The van der Waals surface area contributed by atoms with E-state index in [9.17, 15) is 16.4 Å². The Balaban J connectivity index is 1.26. The smallest absolute Gasteiger partial charge is 0.0667 e. The first-order valence-electron chi connectivity index (χ1n) is 28.4. The van der Waals surface area contributed by atoms with E-state index >= 15 is 0 Å². The fourth-order valence-electron chi connectivity index (χ4n) is 7.66. The van der Waals surface area contributed by atoms with Gasteiger partial charge < -0.3 is 13.7 Å². The average Bonchev–Trinajstić information content (AvgIpc) is 4.19. The maximum Gasteiger partial charge on any atom is 0.0667 e. The van der Waals surface area contributed by atoms with Gasteiger partial charge in [0.1, 0.15) is 0 Å². The van der Waals surface area contributed by atoms with E-state index in [4.69, 9.17) is 12.3 Å². The second kappa shape index (κ2) is 12.5. The van der Waals surface area contributed by atoms with E-state index in [0.717, 1.165) is 10.1 Å². The summed E-state index contributed by atoms with van der Waals surface area (Å²) in [5.41, 5.74) is -1.47. The van der Waals surface area contributed by atoms with Gasteiger partial charge in [0.2, 0.25) is 0 Å². The van der Waals surface area contributed by atoms with Gasteiger partial charge in [0, 0.05) is 49.4 Å². The lowest BCUT2D eigenvalue weighted by Crippen LogP contribution is -1.97. The average molecular weight is 747 g/mol. The molecular formula is C54H35N3. The van der Waals surface area contributed by atoms with Gasteiger partial charge in [-0.05, 0) is 101 Å². The van der Waals surface area contributed by atoms with Crippen molar-refractivity contribution in [2.24, 2.45) is 0 Å². The van der Waals surface area contributed by atoms with Crippen LogP contribution in [-0.2, 0) is 0 Å². The molecule has 3 heteroatoms. The van der Waals surface area contributed by atoms with Crippen LogP contribution in [0.15, 0.2) is 212 Å². The maximum absolute atomic E-state index is 10.2. The van der Waals surface area contributed by atoms with Crippen molar-refractivity contribution in [1.82, 2.24) is 13.7 Å². The number of benzene rings is 9. The van der Waals surface area contributed by atoms with Crippen molar-refractivity contribution in [3.63, 3.8) is 0 Å². The van der Waals surface area contributed by atoms with Crippen LogP contribution >= 0.6 is 0 Å². The minimum atomic E-state index is -0.873. The summed E-state index contributed by atoms with van der Waals surface area (Å²) in [6.07, 6.45) is 0. The Morgan fingerprint density at radius 2 is 0.737 bits per heavy atom. The second-order valence-electron chi connectivity index (χ2n) is 13.3. The van der Waals surface area contributed by atoms with Crippen molar-refractivity contribution < 1.29 is 28.8 Å². The van der Waals surface area contributed by atoms with Gasteiger partial charge in [-0.15, -0.1) is 0 Å². The van der Waals surface area contributed by atoms with Crippen LogP contribution in [0.2, 0.25) is 0 Å². The molecule has 3 heterocycles. The molecule has 0 saturated carbocycles. The highest BCUT2D eigenvalue weighted by molar-refractivity contribution is 6.14. The summed E-state index contributed by atoms with van der Waals surface area (Å²) >= 11 is 0. The number of nitrogens with zero attached hydrogens (tertiary/aromatic N) is 3. The zero-order chi connectivity index (χ0) is 55.7. The number of hydrogen-bond acceptors (Lipinski definition) is 0. The van der Waals surface area contributed by atoms with Crippen LogP contribution in [0.5, 0.6) is 0 Å². The Morgan fingerprint density at radius 1 is 0.281 bits per heavy atom. The highest BCUT2D eigenvalue weighted by Crippen LogP contribution is 2.40. The summed E-state index contributed by atoms with van der Waals surface area (Å²) in [5, 5.41) is -1.79. The molecule has 0 spiro atoms. The number of fused-ring (bicyclic) bond motifs is 9. The van der Waals surface area contributed by atoms with Crippen LogP contribution < -0.4 is 0 Å². The van der Waals surface area contributed by atoms with E-state index in [2.05, 4.69) is 0 Å². The van der Waals surface area contributed by atoms with Crippen molar-refractivity contribution in [2.75, 3.05) is 0 Å². The Kier molecular flexibility index (Phi) is 3.81. The van der Waals surface area contributed by atoms with E-state index in [0.29, 0.717) is 11.3 Å². The molecule has 266 valence electrons. The number of rotatable bonds is 5. The van der Waals surface area contributed by atoms with Gasteiger partial charge in [0.25, 0.3) is 0 Å². The van der Waals surface area contributed by atoms with Gasteiger partial charge in [-0.3, -0.25) is 0 Å². The van der Waals surface area contributed by atoms with Crippen molar-refractivity contribution in [1.29, 1.82) is 0 Å². The molecule has 0 saturated heterocycles. The second-order valence-corrected chi connectivity index (χ2v) is 13.3.